The Bertz CT molecular complexity index is 251. The van der Waals surface area contributed by atoms with Gasteiger partial charge < -0.3 is 20.1 Å². The van der Waals surface area contributed by atoms with Crippen LogP contribution in [0.1, 0.15) is 26.7 Å². The van der Waals surface area contributed by atoms with Crippen LogP contribution in [0, 0.1) is 0 Å². The van der Waals surface area contributed by atoms with E-state index in [9.17, 15) is 4.79 Å². The Hall–Kier alpha value is -0.360. The van der Waals surface area contributed by atoms with Crippen molar-refractivity contribution >= 4 is 18.3 Å². The van der Waals surface area contributed by atoms with Crippen molar-refractivity contribution in [3.63, 3.8) is 0 Å². The quantitative estimate of drug-likeness (QED) is 0.809. The van der Waals surface area contributed by atoms with Gasteiger partial charge in [0.2, 0.25) is 5.91 Å². The van der Waals surface area contributed by atoms with Crippen molar-refractivity contribution in [2.45, 2.75) is 44.9 Å². The predicted octanol–water partition coefficient (Wildman–Crippen LogP) is 0.798. The van der Waals surface area contributed by atoms with Crippen molar-refractivity contribution in [1.29, 1.82) is 0 Å². The fourth-order valence-electron chi connectivity index (χ4n) is 2.10. The summed E-state index contributed by atoms with van der Waals surface area (Å²) in [5.41, 5.74) is 5.71. The smallest absolute Gasteiger partial charge is 0.248 e. The third-order valence-corrected chi connectivity index (χ3v) is 3.13. The lowest BCUT2D eigenvalue weighted by molar-refractivity contribution is -0.143. The van der Waals surface area contributed by atoms with Gasteiger partial charge in [-0.3, -0.25) is 4.79 Å². The summed E-state index contributed by atoms with van der Waals surface area (Å²) >= 11 is 0. The van der Waals surface area contributed by atoms with E-state index in [0.717, 1.165) is 12.8 Å². The third kappa shape index (κ3) is 5.10. The number of nitrogens with two attached hydrogens (primary N) is 1. The van der Waals surface area contributed by atoms with E-state index < -0.39 is 0 Å². The van der Waals surface area contributed by atoms with E-state index in [2.05, 4.69) is 0 Å². The highest BCUT2D eigenvalue weighted by atomic mass is 35.5. The minimum atomic E-state index is 0. The summed E-state index contributed by atoms with van der Waals surface area (Å²) in [4.78, 5) is 13.8. The molecule has 1 fully saturated rings. The number of amides is 1. The van der Waals surface area contributed by atoms with Crippen molar-refractivity contribution in [2.24, 2.45) is 5.73 Å². The minimum absolute atomic E-state index is 0. The van der Waals surface area contributed by atoms with Gasteiger partial charge in [0.15, 0.2) is 0 Å². The zero-order valence-corrected chi connectivity index (χ0v) is 12.2. The molecule has 5 nitrogen and oxygen atoms in total. The number of likely N-dealkylation sites (tertiary alicyclic amines) is 1. The van der Waals surface area contributed by atoms with E-state index in [0.29, 0.717) is 13.1 Å². The van der Waals surface area contributed by atoms with Crippen LogP contribution in [0.5, 0.6) is 0 Å². The lowest BCUT2D eigenvalue weighted by atomic mass is 9.99. The van der Waals surface area contributed by atoms with Crippen LogP contribution in [0.15, 0.2) is 0 Å². The Kier molecular flexibility index (Phi) is 8.52. The van der Waals surface area contributed by atoms with Crippen LogP contribution in [0.3, 0.4) is 0 Å². The van der Waals surface area contributed by atoms with Crippen molar-refractivity contribution < 1.29 is 14.3 Å². The van der Waals surface area contributed by atoms with E-state index in [-0.39, 0.29) is 43.2 Å². The highest BCUT2D eigenvalue weighted by Gasteiger charge is 2.30. The second-order valence-corrected chi connectivity index (χ2v) is 4.72. The normalized spacial score (nSPS) is 23.9. The molecule has 0 aromatic heterocycles. The summed E-state index contributed by atoms with van der Waals surface area (Å²) in [7, 11) is 1.71. The molecule has 2 atom stereocenters. The molecule has 0 spiro atoms. The number of halogens is 1. The van der Waals surface area contributed by atoms with Gasteiger partial charge in [-0.25, -0.2) is 0 Å². The zero-order valence-electron chi connectivity index (χ0n) is 11.4. The molecule has 1 rings (SSSR count). The maximum atomic E-state index is 12.0. The van der Waals surface area contributed by atoms with Crippen LogP contribution in [0.4, 0.5) is 0 Å². The third-order valence-electron chi connectivity index (χ3n) is 3.13. The molecule has 0 saturated carbocycles. The number of ether oxygens (including phenoxy) is 2. The monoisotopic (exact) mass is 280 g/mol. The molecular formula is C12H25ClN2O3. The summed E-state index contributed by atoms with van der Waals surface area (Å²) in [6.07, 6.45) is 1.99. The fraction of sp³-hybridized carbons (Fsp3) is 0.917. The molecule has 2 unspecified atom stereocenters. The molecule has 1 aliphatic rings. The van der Waals surface area contributed by atoms with Crippen LogP contribution >= 0.6 is 12.4 Å². The molecule has 6 heteroatoms. The van der Waals surface area contributed by atoms with Crippen molar-refractivity contribution in [2.75, 3.05) is 26.8 Å². The number of carbonyl (C=O) groups excluding carboxylic acids is 1. The highest BCUT2D eigenvalue weighted by molar-refractivity contribution is 5.85. The molecule has 0 aromatic carbocycles. The molecule has 0 bridgehead atoms. The first-order valence-corrected chi connectivity index (χ1v) is 6.22. The first-order valence-electron chi connectivity index (χ1n) is 6.22. The standard InChI is InChI=1S/C12H24N2O3.ClH/c1-9(2)17-8-12(15)14-5-4-11(16-3)6-10(14)7-13;/h9-11H,4-8,13H2,1-3H3;1H. The van der Waals surface area contributed by atoms with E-state index >= 15 is 0 Å². The van der Waals surface area contributed by atoms with Gasteiger partial charge in [-0.1, -0.05) is 0 Å². The number of methoxy groups -OCH3 is 1. The van der Waals surface area contributed by atoms with Crippen LogP contribution < -0.4 is 5.73 Å². The summed E-state index contributed by atoms with van der Waals surface area (Å²) in [5.74, 6) is 0.0312. The van der Waals surface area contributed by atoms with Crippen molar-refractivity contribution in [3.8, 4) is 0 Å². The van der Waals surface area contributed by atoms with Crippen molar-refractivity contribution in [3.05, 3.63) is 0 Å². The molecule has 0 aromatic rings. The first kappa shape index (κ1) is 17.6. The van der Waals surface area contributed by atoms with Gasteiger partial charge in [-0.2, -0.15) is 0 Å². The van der Waals surface area contributed by atoms with Gasteiger partial charge in [0.25, 0.3) is 0 Å². The Labute approximate surface area is 115 Å². The van der Waals surface area contributed by atoms with Crippen LogP contribution in [-0.2, 0) is 14.3 Å². The Morgan fingerprint density at radius 3 is 2.67 bits per heavy atom. The van der Waals surface area contributed by atoms with Gasteiger partial charge >= 0.3 is 0 Å². The molecule has 1 saturated heterocycles. The lowest BCUT2D eigenvalue weighted by Gasteiger charge is -2.38. The topological polar surface area (TPSA) is 64.8 Å². The molecule has 0 aliphatic carbocycles. The zero-order chi connectivity index (χ0) is 12.8. The van der Waals surface area contributed by atoms with Crippen LogP contribution in [0.25, 0.3) is 0 Å². The Morgan fingerprint density at radius 2 is 2.17 bits per heavy atom. The number of carbonyl (C=O) groups is 1. The maximum absolute atomic E-state index is 12.0. The molecule has 1 amide bonds. The Morgan fingerprint density at radius 1 is 1.50 bits per heavy atom. The largest absolute Gasteiger partial charge is 0.381 e. The average molecular weight is 281 g/mol. The van der Waals surface area contributed by atoms with E-state index in [4.69, 9.17) is 15.2 Å². The molecule has 2 N–H and O–H groups in total. The number of nitrogens with zero attached hydrogens (tertiary/aromatic N) is 1. The summed E-state index contributed by atoms with van der Waals surface area (Å²) < 4.78 is 10.7. The van der Waals surface area contributed by atoms with Gasteiger partial charge in [0.1, 0.15) is 6.61 Å². The molecule has 18 heavy (non-hydrogen) atoms. The second-order valence-electron chi connectivity index (χ2n) is 4.72. The molecule has 108 valence electrons. The lowest BCUT2D eigenvalue weighted by Crippen LogP contribution is -2.52. The van der Waals surface area contributed by atoms with E-state index in [1.54, 1.807) is 7.11 Å². The number of hydrogen-bond donors (Lipinski definition) is 1. The number of hydrogen-bond acceptors (Lipinski definition) is 4. The second kappa shape index (κ2) is 8.69. The van der Waals surface area contributed by atoms with E-state index in [1.807, 2.05) is 18.7 Å². The van der Waals surface area contributed by atoms with Gasteiger partial charge in [-0.05, 0) is 26.7 Å². The summed E-state index contributed by atoms with van der Waals surface area (Å²) in [6.45, 7) is 5.18. The number of rotatable bonds is 5. The van der Waals surface area contributed by atoms with Crippen LogP contribution in [-0.4, -0.2) is 55.9 Å². The Balaban J connectivity index is 0.00000289. The minimum Gasteiger partial charge on any atom is -0.381 e. The highest BCUT2D eigenvalue weighted by Crippen LogP contribution is 2.19. The van der Waals surface area contributed by atoms with Gasteiger partial charge in [0.05, 0.1) is 12.2 Å². The first-order chi connectivity index (χ1) is 8.08. The van der Waals surface area contributed by atoms with Crippen LogP contribution in [0.2, 0.25) is 0 Å². The molecule has 1 aliphatic heterocycles. The molecule has 1 heterocycles. The summed E-state index contributed by atoms with van der Waals surface area (Å²) in [6, 6.07) is 0.0805. The SMILES string of the molecule is COC1CCN(C(=O)COC(C)C)C(CN)C1.Cl. The van der Waals surface area contributed by atoms with Gasteiger partial charge in [-0.15, -0.1) is 12.4 Å². The average Bonchev–Trinajstić information content (AvgIpc) is 2.34. The van der Waals surface area contributed by atoms with Crippen molar-refractivity contribution in [1.82, 2.24) is 4.90 Å². The predicted molar refractivity (Wildman–Crippen MR) is 72.9 cm³/mol. The molecule has 0 radical (unpaired) electrons. The van der Waals surface area contributed by atoms with Gasteiger partial charge in [0, 0.05) is 26.2 Å². The maximum Gasteiger partial charge on any atom is 0.248 e. The van der Waals surface area contributed by atoms with E-state index in [1.165, 1.54) is 0 Å². The summed E-state index contributed by atoms with van der Waals surface area (Å²) in [5, 5.41) is 0. The number of piperidine rings is 1. The molecular weight excluding hydrogens is 256 g/mol. The fourth-order valence-corrected chi connectivity index (χ4v) is 2.10.